The predicted molar refractivity (Wildman–Crippen MR) is 506 cm³/mol. The first-order valence-electron chi connectivity index (χ1n) is 46.1. The molecule has 0 saturated carbocycles. The van der Waals surface area contributed by atoms with Gasteiger partial charge in [0.1, 0.15) is 103 Å². The van der Waals surface area contributed by atoms with Gasteiger partial charge in [-0.15, -0.1) is 0 Å². The Kier molecular flexibility index (Phi) is 55.4. The van der Waals surface area contributed by atoms with Crippen LogP contribution in [0.25, 0.3) is 0 Å². The number of carbonyl (C=O) groups excluding carboxylic acids is 19. The number of aliphatic hydroxyl groups is 4. The number of guanidine groups is 2. The molecule has 1 aliphatic heterocycles. The van der Waals surface area contributed by atoms with Crippen molar-refractivity contribution in [3.8, 4) is 0 Å². The molecule has 1 fully saturated rings. The van der Waals surface area contributed by atoms with Gasteiger partial charge in [-0.25, -0.2) is 4.79 Å². The number of carboxylic acid groups (broad SMARTS) is 1. The molecule has 0 bridgehead atoms. The minimum Gasteiger partial charge on any atom is -0.480 e. The molecule has 40 N–H and O–H groups in total. The average molecular weight is 2010 g/mol. The van der Waals surface area contributed by atoms with Gasteiger partial charge in [-0.2, -0.15) is 0 Å². The number of hydrogen-bond acceptors (Lipinski definition) is 31. The number of primary amides is 2. The van der Waals surface area contributed by atoms with Crippen LogP contribution in [0.1, 0.15) is 149 Å². The number of carbonyl (C=O) groups is 20. The zero-order chi connectivity index (χ0) is 107. The highest BCUT2D eigenvalue weighted by molar-refractivity contribution is 6.01. The summed E-state index contributed by atoms with van der Waals surface area (Å²) >= 11 is 0. The second-order valence-corrected chi connectivity index (χ2v) is 34.2. The van der Waals surface area contributed by atoms with Crippen molar-refractivity contribution in [3.05, 3.63) is 71.8 Å². The number of aliphatic carboxylic acids is 1. The number of nitrogens with one attached hydrogen (secondary N) is 21. The second-order valence-electron chi connectivity index (χ2n) is 34.2. The lowest BCUT2D eigenvalue weighted by Crippen LogP contribution is -2.66. The summed E-state index contributed by atoms with van der Waals surface area (Å²) in [4.78, 5) is 271. The third kappa shape index (κ3) is 46.4. The van der Waals surface area contributed by atoms with Crippen molar-refractivity contribution in [2.75, 3.05) is 59.0 Å². The molecule has 1 heterocycles. The maximum absolute atomic E-state index is 14.7. The molecule has 0 unspecified atom stereocenters. The maximum Gasteiger partial charge on any atom is 0.326 e. The molecule has 3 rings (SSSR count). The lowest BCUT2D eigenvalue weighted by Gasteiger charge is -2.43. The van der Waals surface area contributed by atoms with Crippen LogP contribution < -0.4 is 141 Å². The standard InChI is InChI=1S/C87H142N28O27/c1-43(2)34-57(79(134)103-46(5)73(128)112-59(37-63(92)120)80(135)111-56(84(139)140)28-29-62(91)119)113-77(132)52(24-14-16-30-88)109-76(131)55(27-19-33-98-87(95)96)108-72(127)45(4)104-82(137)60(41-116)114-78(133)53(25-15-17-31-89)110-75(130)54(26-18-32-97-86(93)94)107-71(126)44(3)102-65(122)40-101-83(138)67(47(6)141-85-68(105-48(7)118)70(125)69(124)61(42-117)142-85)115-81(136)58(36-50-22-12-9-13-23-50)106-66(123)39-99-64(121)38-100-74(129)51(90)35-49-20-10-8-11-21-49/h8-13,20-23,43-47,51-61,67-70,85,116-117,124-125H,14-19,24-42,88-90H2,1-7H3,(H2,91,119)(H2,92,120)(H,99,121)(H,100,129)(H,101,138)(H,102,122)(H,103,134)(H,104,137)(H,105,118)(H,106,123)(H,107,126)(H,108,127)(H,109,131)(H,110,130)(H,111,135)(H,112,128)(H,113,132)(H,114,133)(H,115,136)(H,139,140)(H4,93,94,97)(H4,95,96,98)/t44-,45-,46-,47+,51-,52-,53-,54-,55-,56-,57-,58-,59-,60-,61+,67-,68+,69-,70+,85-/m0/s1. The highest BCUT2D eigenvalue weighted by atomic mass is 16.7. The van der Waals surface area contributed by atoms with E-state index >= 15 is 0 Å². The molecule has 1 aliphatic rings. The quantitative estimate of drug-likeness (QED) is 0.0166. The van der Waals surface area contributed by atoms with Crippen LogP contribution in [0.3, 0.4) is 0 Å². The minimum absolute atomic E-state index is 0.0123. The van der Waals surface area contributed by atoms with Gasteiger partial charge in [-0.3, -0.25) is 102 Å². The van der Waals surface area contributed by atoms with Crippen LogP contribution in [0.5, 0.6) is 0 Å². The second kappa shape index (κ2) is 64.4. The molecule has 20 atom stereocenters. The molecule has 0 spiro atoms. The van der Waals surface area contributed by atoms with Crippen molar-refractivity contribution in [1.82, 2.24) is 101 Å². The molecule has 2 aromatic carbocycles. The van der Waals surface area contributed by atoms with Gasteiger partial charge in [-0.05, 0) is 141 Å². The van der Waals surface area contributed by atoms with Gasteiger partial charge in [0.15, 0.2) is 18.2 Å². The number of rotatable bonds is 66. The van der Waals surface area contributed by atoms with Gasteiger partial charge in [0.25, 0.3) is 0 Å². The number of aliphatic hydroxyl groups excluding tert-OH is 4. The first-order valence-corrected chi connectivity index (χ1v) is 46.1. The summed E-state index contributed by atoms with van der Waals surface area (Å²) in [7, 11) is 0. The summed E-state index contributed by atoms with van der Waals surface area (Å²) in [5, 5.41) is 114. The molecule has 792 valence electrons. The Morgan fingerprint density at radius 3 is 1.27 bits per heavy atom. The molecule has 55 heteroatoms. The molecular formula is C87H142N28O27. The Labute approximate surface area is 818 Å². The average Bonchev–Trinajstić information content (AvgIpc) is 0.795. The molecule has 19 amide bonds. The molecule has 0 aliphatic carbocycles. The van der Waals surface area contributed by atoms with Crippen LogP contribution in [0.4, 0.5) is 0 Å². The maximum atomic E-state index is 14.7. The van der Waals surface area contributed by atoms with Crippen molar-refractivity contribution in [2.24, 2.45) is 46.1 Å². The third-order valence-corrected chi connectivity index (χ3v) is 21.7. The molecule has 1 saturated heterocycles. The van der Waals surface area contributed by atoms with Crippen LogP contribution in [0.2, 0.25) is 0 Å². The fourth-order valence-corrected chi connectivity index (χ4v) is 13.9. The van der Waals surface area contributed by atoms with Crippen molar-refractivity contribution in [1.29, 1.82) is 10.8 Å². The lowest BCUT2D eigenvalue weighted by molar-refractivity contribution is -0.281. The van der Waals surface area contributed by atoms with E-state index in [0.717, 1.165) is 19.4 Å². The smallest absolute Gasteiger partial charge is 0.326 e. The molecule has 142 heavy (non-hydrogen) atoms. The number of nitrogens with two attached hydrogens (primary N) is 7. The van der Waals surface area contributed by atoms with E-state index in [0.29, 0.717) is 12.0 Å². The van der Waals surface area contributed by atoms with E-state index in [9.17, 15) is 121 Å². The largest absolute Gasteiger partial charge is 0.480 e. The van der Waals surface area contributed by atoms with Gasteiger partial charge in [0.2, 0.25) is 112 Å². The van der Waals surface area contributed by atoms with E-state index in [1.165, 1.54) is 20.8 Å². The van der Waals surface area contributed by atoms with E-state index < -0.39 is 304 Å². The summed E-state index contributed by atoms with van der Waals surface area (Å²) in [6, 6.07) is -7.04. The van der Waals surface area contributed by atoms with Crippen molar-refractivity contribution >= 4 is 130 Å². The Morgan fingerprint density at radius 2 is 0.817 bits per heavy atom. The van der Waals surface area contributed by atoms with Gasteiger partial charge in [0, 0.05) is 32.9 Å². The number of ether oxygens (including phenoxy) is 2. The minimum atomic E-state index is -1.95. The summed E-state index contributed by atoms with van der Waals surface area (Å²) in [6.07, 6.45) is -10.6. The van der Waals surface area contributed by atoms with Gasteiger partial charge in [0.05, 0.1) is 51.4 Å². The Morgan fingerprint density at radius 1 is 0.415 bits per heavy atom. The van der Waals surface area contributed by atoms with E-state index in [-0.39, 0.29) is 109 Å². The van der Waals surface area contributed by atoms with E-state index in [1.54, 1.807) is 74.5 Å². The van der Waals surface area contributed by atoms with Crippen molar-refractivity contribution in [3.63, 3.8) is 0 Å². The topological polar surface area (TPSA) is 919 Å². The Hall–Kier alpha value is -14.0. The lowest BCUT2D eigenvalue weighted by atomic mass is 9.96. The molecule has 2 aromatic rings. The van der Waals surface area contributed by atoms with Crippen LogP contribution in [-0.4, -0.2) is 336 Å². The normalized spacial score (nSPS) is 17.4. The van der Waals surface area contributed by atoms with E-state index in [2.05, 4.69) is 101 Å². The number of amides is 19. The highest BCUT2D eigenvalue weighted by Gasteiger charge is 2.48. The van der Waals surface area contributed by atoms with Crippen LogP contribution in [-0.2, 0) is 118 Å². The Bertz CT molecular complexity index is 4570. The van der Waals surface area contributed by atoms with Crippen molar-refractivity contribution in [2.45, 2.75) is 273 Å². The van der Waals surface area contributed by atoms with Gasteiger partial charge >= 0.3 is 5.97 Å². The summed E-state index contributed by atoms with van der Waals surface area (Å²) in [5.74, 6) is -22.1. The predicted octanol–water partition coefficient (Wildman–Crippen LogP) is -13.1. The van der Waals surface area contributed by atoms with E-state index in [4.69, 9.17) is 60.4 Å². The van der Waals surface area contributed by atoms with Gasteiger partial charge in [-0.1, -0.05) is 74.5 Å². The third-order valence-electron chi connectivity index (χ3n) is 21.7. The number of hydrogen-bond donors (Lipinski definition) is 33. The van der Waals surface area contributed by atoms with Crippen LogP contribution in [0, 0.1) is 16.7 Å². The summed E-state index contributed by atoms with van der Waals surface area (Å²) < 4.78 is 11.8. The highest BCUT2D eigenvalue weighted by Crippen LogP contribution is 2.25. The molecule has 0 radical (unpaired) electrons. The van der Waals surface area contributed by atoms with Crippen molar-refractivity contribution < 1.29 is 131 Å². The molecular weight excluding hydrogens is 1870 g/mol. The monoisotopic (exact) mass is 2010 g/mol. The summed E-state index contributed by atoms with van der Waals surface area (Å²) in [6.45, 7) is 4.86. The van der Waals surface area contributed by atoms with Crippen LogP contribution >= 0.6 is 0 Å². The first kappa shape index (κ1) is 122. The Balaban J connectivity index is 1.89. The zero-order valence-corrected chi connectivity index (χ0v) is 80.3. The zero-order valence-electron chi connectivity index (χ0n) is 80.3. The number of unbranched alkanes of at least 4 members (excludes halogenated alkanes) is 2. The fourth-order valence-electron chi connectivity index (χ4n) is 13.9. The molecule has 55 nitrogen and oxygen atoms in total. The molecule has 0 aromatic heterocycles. The SMILES string of the molecule is CC(=O)N[C@H]1[C@@H](O[C@H](C)[C@H](NC(=O)[C@H](Cc2ccccc2)NC(=O)CNC(=O)CNC(=O)[C@@H](N)Cc2ccccc2)C(=O)NCC(=O)N[C@@H](C)C(=O)N[C@@H](CCCNC(=N)N)C(=O)N[C@@H](CCCCN)C(=O)N[C@@H](CO)C(=O)N[C@@H](C)C(=O)N[C@@H](CCCNC(=N)N)C(=O)N[C@@H](CCCCN)C(=O)N[C@@H](CC(C)C)C(=O)N[C@@H](C)C(=O)N[C@@H](CC(N)=O)C(=O)N[C@@H](CCC(N)=O)C(=O)O)O[C@H](CO)[C@H](O)[C@@H]1O. The number of benzene rings is 2. The first-order chi connectivity index (χ1) is 67.0. The van der Waals surface area contributed by atoms with Gasteiger partial charge < -0.3 is 176 Å². The number of carboxylic acids is 1. The van der Waals surface area contributed by atoms with Crippen LogP contribution in [0.15, 0.2) is 60.7 Å². The summed E-state index contributed by atoms with van der Waals surface area (Å²) in [5.41, 5.74) is 40.3. The van der Waals surface area contributed by atoms with E-state index in [1.807, 2.05) is 0 Å². The fraction of sp³-hybridized carbons (Fsp3) is 0.609.